The van der Waals surface area contributed by atoms with Gasteiger partial charge in [0.1, 0.15) is 5.75 Å². The number of alkyl halides is 2. The molecule has 1 aromatic carbocycles. The number of halogens is 2. The normalized spacial score (nSPS) is 12.2. The Morgan fingerprint density at radius 2 is 1.92 bits per heavy atom. The van der Waals surface area contributed by atoms with Crippen LogP contribution in [0.2, 0.25) is 0 Å². The Hall–Kier alpha value is -2.18. The van der Waals surface area contributed by atoms with Crippen LogP contribution < -0.4 is 10.1 Å². The third-order valence-electron chi connectivity index (χ3n) is 3.59. The highest BCUT2D eigenvalue weighted by atomic mass is 19.3. The van der Waals surface area contributed by atoms with Gasteiger partial charge in [0.2, 0.25) is 5.91 Å². The molecular weight excluding hydrogens is 318 g/mol. The Labute approximate surface area is 141 Å². The van der Waals surface area contributed by atoms with Gasteiger partial charge in [-0.1, -0.05) is 19.9 Å². The van der Waals surface area contributed by atoms with Gasteiger partial charge in [0.05, 0.1) is 6.54 Å². The highest BCUT2D eigenvalue weighted by molar-refractivity contribution is 5.96. The van der Waals surface area contributed by atoms with Crippen LogP contribution in [-0.2, 0) is 4.79 Å². The van der Waals surface area contributed by atoms with Gasteiger partial charge >= 0.3 is 6.61 Å². The molecule has 1 rings (SSSR count). The molecule has 0 saturated heterocycles. The molecule has 0 fully saturated rings. The molecular formula is C17H24F2N2O3. The molecule has 0 spiro atoms. The first-order valence-corrected chi connectivity index (χ1v) is 7.79. The summed E-state index contributed by atoms with van der Waals surface area (Å²) < 4.78 is 28.6. The number of rotatable bonds is 8. The van der Waals surface area contributed by atoms with E-state index in [0.29, 0.717) is 5.92 Å². The Kier molecular flexibility index (Phi) is 7.61. The topological polar surface area (TPSA) is 58.6 Å². The van der Waals surface area contributed by atoms with Gasteiger partial charge in [-0.25, -0.2) is 0 Å². The molecule has 2 amide bonds. The van der Waals surface area contributed by atoms with E-state index in [1.807, 2.05) is 6.92 Å². The third kappa shape index (κ3) is 6.52. The van der Waals surface area contributed by atoms with Crippen molar-refractivity contribution in [2.24, 2.45) is 5.92 Å². The van der Waals surface area contributed by atoms with Crippen molar-refractivity contribution in [1.29, 1.82) is 0 Å². The van der Waals surface area contributed by atoms with Crippen molar-refractivity contribution in [3.63, 3.8) is 0 Å². The van der Waals surface area contributed by atoms with Crippen molar-refractivity contribution in [2.45, 2.75) is 39.8 Å². The van der Waals surface area contributed by atoms with Crippen molar-refractivity contribution >= 4 is 11.8 Å². The largest absolute Gasteiger partial charge is 0.435 e. The van der Waals surface area contributed by atoms with E-state index in [-0.39, 0.29) is 29.8 Å². The molecule has 24 heavy (non-hydrogen) atoms. The van der Waals surface area contributed by atoms with Crippen molar-refractivity contribution in [3.8, 4) is 5.75 Å². The van der Waals surface area contributed by atoms with Crippen molar-refractivity contribution in [1.82, 2.24) is 10.2 Å². The van der Waals surface area contributed by atoms with E-state index in [9.17, 15) is 18.4 Å². The Bertz CT molecular complexity index is 565. The van der Waals surface area contributed by atoms with Crippen LogP contribution in [0.4, 0.5) is 8.78 Å². The van der Waals surface area contributed by atoms with Gasteiger partial charge in [0.15, 0.2) is 0 Å². The summed E-state index contributed by atoms with van der Waals surface area (Å²) in [5.41, 5.74) is 0.152. The zero-order valence-electron chi connectivity index (χ0n) is 14.4. The quantitative estimate of drug-likeness (QED) is 0.790. The summed E-state index contributed by atoms with van der Waals surface area (Å²) in [6, 6.07) is 5.50. The molecule has 1 unspecified atom stereocenters. The second kappa shape index (κ2) is 9.20. The first-order valence-electron chi connectivity index (χ1n) is 7.79. The molecule has 0 aromatic heterocycles. The SMILES string of the molecule is CC(C)CC(C)N(C)C(=O)CNC(=O)c1cccc(OC(F)F)c1. The minimum absolute atomic E-state index is 0.0668. The minimum atomic E-state index is -2.96. The van der Waals surface area contributed by atoms with E-state index in [0.717, 1.165) is 6.42 Å². The smallest absolute Gasteiger partial charge is 0.387 e. The van der Waals surface area contributed by atoms with Crippen LogP contribution in [0.5, 0.6) is 5.75 Å². The zero-order valence-corrected chi connectivity index (χ0v) is 14.4. The molecule has 0 aliphatic heterocycles. The number of hydrogen-bond donors (Lipinski definition) is 1. The van der Waals surface area contributed by atoms with E-state index in [1.165, 1.54) is 24.3 Å². The zero-order chi connectivity index (χ0) is 18.3. The molecule has 5 nitrogen and oxygen atoms in total. The number of likely N-dealkylation sites (N-methyl/N-ethyl adjacent to an activating group) is 1. The van der Waals surface area contributed by atoms with E-state index < -0.39 is 12.5 Å². The summed E-state index contributed by atoms with van der Waals surface area (Å²) in [6.45, 7) is 2.99. The average molecular weight is 342 g/mol. The van der Waals surface area contributed by atoms with Crippen molar-refractivity contribution in [3.05, 3.63) is 29.8 Å². The summed E-state index contributed by atoms with van der Waals surface area (Å²) >= 11 is 0. The molecule has 0 bridgehead atoms. The molecule has 0 radical (unpaired) electrons. The number of nitrogens with zero attached hydrogens (tertiary/aromatic N) is 1. The number of carbonyl (C=O) groups excluding carboxylic acids is 2. The monoisotopic (exact) mass is 342 g/mol. The first kappa shape index (κ1) is 19.9. The fraction of sp³-hybridized carbons (Fsp3) is 0.529. The summed E-state index contributed by atoms with van der Waals surface area (Å²) in [6.07, 6.45) is 0.864. The number of benzene rings is 1. The Balaban J connectivity index is 2.58. The minimum Gasteiger partial charge on any atom is -0.435 e. The third-order valence-corrected chi connectivity index (χ3v) is 3.59. The lowest BCUT2D eigenvalue weighted by atomic mass is 10.0. The molecule has 0 aliphatic carbocycles. The number of carbonyl (C=O) groups is 2. The standard InChI is InChI=1S/C17H24F2N2O3/c1-11(2)8-12(3)21(4)15(22)10-20-16(23)13-6-5-7-14(9-13)24-17(18)19/h5-7,9,11-12,17H,8,10H2,1-4H3,(H,20,23). The number of nitrogens with one attached hydrogen (secondary N) is 1. The molecule has 1 N–H and O–H groups in total. The molecule has 1 aromatic rings. The van der Waals surface area contributed by atoms with Crippen LogP contribution in [0.25, 0.3) is 0 Å². The fourth-order valence-corrected chi connectivity index (χ4v) is 2.28. The van der Waals surface area contributed by atoms with Crippen LogP contribution in [-0.4, -0.2) is 43.0 Å². The average Bonchev–Trinajstić information content (AvgIpc) is 2.50. The number of amides is 2. The van der Waals surface area contributed by atoms with Crippen molar-refractivity contribution in [2.75, 3.05) is 13.6 Å². The second-order valence-electron chi connectivity index (χ2n) is 6.07. The van der Waals surface area contributed by atoms with Gasteiger partial charge in [0.25, 0.3) is 5.91 Å². The van der Waals surface area contributed by atoms with E-state index in [1.54, 1.807) is 11.9 Å². The highest BCUT2D eigenvalue weighted by Gasteiger charge is 2.18. The maximum atomic E-state index is 12.2. The van der Waals surface area contributed by atoms with Gasteiger partial charge in [-0.15, -0.1) is 0 Å². The lowest BCUT2D eigenvalue weighted by Gasteiger charge is -2.26. The predicted octanol–water partition coefficient (Wildman–Crippen LogP) is 2.91. The molecule has 0 heterocycles. The van der Waals surface area contributed by atoms with E-state index >= 15 is 0 Å². The predicted molar refractivity (Wildman–Crippen MR) is 87.1 cm³/mol. The van der Waals surface area contributed by atoms with Crippen LogP contribution in [0.15, 0.2) is 24.3 Å². The summed E-state index contributed by atoms with van der Waals surface area (Å²) in [4.78, 5) is 25.7. The molecule has 7 heteroatoms. The summed E-state index contributed by atoms with van der Waals surface area (Å²) in [5, 5.41) is 2.50. The Morgan fingerprint density at radius 1 is 1.25 bits per heavy atom. The summed E-state index contributed by atoms with van der Waals surface area (Å²) in [7, 11) is 1.69. The maximum Gasteiger partial charge on any atom is 0.387 e. The van der Waals surface area contributed by atoms with Crippen LogP contribution in [0, 0.1) is 5.92 Å². The molecule has 0 saturated carbocycles. The van der Waals surface area contributed by atoms with Gasteiger partial charge in [0, 0.05) is 18.7 Å². The van der Waals surface area contributed by atoms with Crippen LogP contribution >= 0.6 is 0 Å². The van der Waals surface area contributed by atoms with Gasteiger partial charge in [-0.05, 0) is 37.5 Å². The molecule has 134 valence electrons. The lowest BCUT2D eigenvalue weighted by Crippen LogP contribution is -2.42. The van der Waals surface area contributed by atoms with E-state index in [2.05, 4.69) is 23.9 Å². The lowest BCUT2D eigenvalue weighted by molar-refractivity contribution is -0.130. The Morgan fingerprint density at radius 3 is 2.50 bits per heavy atom. The second-order valence-corrected chi connectivity index (χ2v) is 6.07. The van der Waals surface area contributed by atoms with Crippen molar-refractivity contribution < 1.29 is 23.1 Å². The number of ether oxygens (including phenoxy) is 1. The van der Waals surface area contributed by atoms with Gasteiger partial charge in [-0.3, -0.25) is 9.59 Å². The molecule has 0 aliphatic rings. The van der Waals surface area contributed by atoms with E-state index in [4.69, 9.17) is 0 Å². The molecule has 1 atom stereocenters. The summed E-state index contributed by atoms with van der Waals surface area (Å²) in [5.74, 6) is -0.376. The first-order chi connectivity index (χ1) is 11.2. The van der Waals surface area contributed by atoms with Gasteiger partial charge in [-0.2, -0.15) is 8.78 Å². The maximum absolute atomic E-state index is 12.2. The number of hydrogen-bond acceptors (Lipinski definition) is 3. The fourth-order valence-electron chi connectivity index (χ4n) is 2.28. The van der Waals surface area contributed by atoms with Gasteiger partial charge < -0.3 is 15.0 Å². The van der Waals surface area contributed by atoms with Crippen LogP contribution in [0.1, 0.15) is 37.6 Å². The highest BCUT2D eigenvalue weighted by Crippen LogP contribution is 2.16. The van der Waals surface area contributed by atoms with Crippen LogP contribution in [0.3, 0.4) is 0 Å².